The van der Waals surface area contributed by atoms with Crippen molar-refractivity contribution < 1.29 is 0 Å². The third-order valence-electron chi connectivity index (χ3n) is 4.02. The molecule has 112 valence electrons. The molecule has 3 atom stereocenters. The van der Waals surface area contributed by atoms with Crippen molar-refractivity contribution in [3.8, 4) is 0 Å². The van der Waals surface area contributed by atoms with Gasteiger partial charge in [0.1, 0.15) is 0 Å². The molecule has 0 saturated heterocycles. The Kier molecular flexibility index (Phi) is 6.16. The highest BCUT2D eigenvalue weighted by molar-refractivity contribution is 9.09. The maximum absolute atomic E-state index is 6.39. The van der Waals surface area contributed by atoms with Gasteiger partial charge >= 0.3 is 0 Å². The number of rotatable bonds is 5. The standard InChI is InChI=1S/C18H19BrCl2/c1-3-12(2)17(13-7-5-4-6-8-13)18(19)15-10-9-14(20)11-16(15)21/h4-12,17-18H,3H2,1-2H3. The molecule has 0 bridgehead atoms. The molecule has 0 aliphatic rings. The van der Waals surface area contributed by atoms with Gasteiger partial charge in [-0.1, -0.05) is 95.8 Å². The van der Waals surface area contributed by atoms with Crippen LogP contribution in [0.3, 0.4) is 0 Å². The number of hydrogen-bond donors (Lipinski definition) is 0. The highest BCUT2D eigenvalue weighted by Gasteiger charge is 2.28. The molecule has 2 aromatic carbocycles. The van der Waals surface area contributed by atoms with Gasteiger partial charge in [0.05, 0.1) is 0 Å². The summed E-state index contributed by atoms with van der Waals surface area (Å²) in [6.07, 6.45) is 1.12. The fourth-order valence-electron chi connectivity index (χ4n) is 2.63. The van der Waals surface area contributed by atoms with Crippen LogP contribution in [0.15, 0.2) is 48.5 Å². The summed E-state index contributed by atoms with van der Waals surface area (Å²) in [4.78, 5) is 0.166. The van der Waals surface area contributed by atoms with Gasteiger partial charge in [0.15, 0.2) is 0 Å². The first kappa shape index (κ1) is 16.9. The Hall–Kier alpha value is -0.500. The molecule has 0 fully saturated rings. The monoisotopic (exact) mass is 384 g/mol. The Morgan fingerprint density at radius 1 is 1.05 bits per heavy atom. The molecule has 2 aromatic rings. The molecule has 3 heteroatoms. The fraction of sp³-hybridized carbons (Fsp3) is 0.333. The van der Waals surface area contributed by atoms with E-state index in [2.05, 4.69) is 60.1 Å². The van der Waals surface area contributed by atoms with Crippen LogP contribution in [-0.2, 0) is 0 Å². The van der Waals surface area contributed by atoms with Gasteiger partial charge in [0.25, 0.3) is 0 Å². The summed E-state index contributed by atoms with van der Waals surface area (Å²) in [6.45, 7) is 4.51. The predicted octanol–water partition coefficient (Wildman–Crippen LogP) is 7.26. The Labute approximate surface area is 145 Å². The van der Waals surface area contributed by atoms with E-state index in [-0.39, 0.29) is 4.83 Å². The zero-order valence-corrected chi connectivity index (χ0v) is 15.3. The number of benzene rings is 2. The Morgan fingerprint density at radius 2 is 1.71 bits per heavy atom. The third kappa shape index (κ3) is 4.03. The van der Waals surface area contributed by atoms with Crippen molar-refractivity contribution in [1.29, 1.82) is 0 Å². The first-order valence-electron chi connectivity index (χ1n) is 7.18. The van der Waals surface area contributed by atoms with E-state index in [1.807, 2.05) is 18.2 Å². The molecular weight excluding hydrogens is 367 g/mol. The third-order valence-corrected chi connectivity index (χ3v) is 5.64. The summed E-state index contributed by atoms with van der Waals surface area (Å²) in [7, 11) is 0. The highest BCUT2D eigenvalue weighted by Crippen LogP contribution is 2.46. The second kappa shape index (κ2) is 7.67. The maximum atomic E-state index is 6.39. The lowest BCUT2D eigenvalue weighted by atomic mass is 9.81. The molecule has 0 saturated carbocycles. The number of alkyl halides is 1. The summed E-state index contributed by atoms with van der Waals surface area (Å²) < 4.78 is 0. The fourth-order valence-corrected chi connectivity index (χ4v) is 4.52. The predicted molar refractivity (Wildman–Crippen MR) is 96.8 cm³/mol. The van der Waals surface area contributed by atoms with Crippen molar-refractivity contribution in [2.75, 3.05) is 0 Å². The molecule has 0 aromatic heterocycles. The number of halogens is 3. The lowest BCUT2D eigenvalue weighted by Crippen LogP contribution is -2.15. The van der Waals surface area contributed by atoms with Gasteiger partial charge in [-0.25, -0.2) is 0 Å². The molecule has 0 heterocycles. The van der Waals surface area contributed by atoms with Crippen LogP contribution < -0.4 is 0 Å². The summed E-state index contributed by atoms with van der Waals surface area (Å²) in [6, 6.07) is 16.3. The molecule has 0 N–H and O–H groups in total. The SMILES string of the molecule is CCC(C)C(c1ccccc1)C(Br)c1ccc(Cl)cc1Cl. The van der Waals surface area contributed by atoms with Crippen LogP contribution in [0.4, 0.5) is 0 Å². The van der Waals surface area contributed by atoms with Crippen LogP contribution in [0.1, 0.15) is 42.1 Å². The van der Waals surface area contributed by atoms with Gasteiger partial charge < -0.3 is 0 Å². The van der Waals surface area contributed by atoms with Crippen LogP contribution in [0, 0.1) is 5.92 Å². The van der Waals surface area contributed by atoms with E-state index in [9.17, 15) is 0 Å². The lowest BCUT2D eigenvalue weighted by molar-refractivity contribution is 0.440. The molecule has 0 nitrogen and oxygen atoms in total. The molecule has 21 heavy (non-hydrogen) atoms. The summed E-state index contributed by atoms with van der Waals surface area (Å²) in [5, 5.41) is 1.39. The van der Waals surface area contributed by atoms with Crippen molar-refractivity contribution in [3.63, 3.8) is 0 Å². The second-order valence-electron chi connectivity index (χ2n) is 5.39. The average Bonchev–Trinajstić information content (AvgIpc) is 2.48. The minimum atomic E-state index is 0.166. The van der Waals surface area contributed by atoms with Crippen molar-refractivity contribution in [1.82, 2.24) is 0 Å². The average molecular weight is 386 g/mol. The molecule has 0 spiro atoms. The van der Waals surface area contributed by atoms with E-state index in [0.29, 0.717) is 21.9 Å². The van der Waals surface area contributed by atoms with E-state index in [4.69, 9.17) is 23.2 Å². The molecule has 0 amide bonds. The van der Waals surface area contributed by atoms with Crippen LogP contribution in [0.5, 0.6) is 0 Å². The van der Waals surface area contributed by atoms with E-state index >= 15 is 0 Å². The molecule has 0 aliphatic heterocycles. The summed E-state index contributed by atoms with van der Waals surface area (Å²) in [5.74, 6) is 0.915. The van der Waals surface area contributed by atoms with E-state index in [1.165, 1.54) is 5.56 Å². The van der Waals surface area contributed by atoms with Crippen LogP contribution >= 0.6 is 39.1 Å². The second-order valence-corrected chi connectivity index (χ2v) is 7.22. The van der Waals surface area contributed by atoms with E-state index in [1.54, 1.807) is 0 Å². The Morgan fingerprint density at radius 3 is 2.29 bits per heavy atom. The maximum Gasteiger partial charge on any atom is 0.0481 e. The van der Waals surface area contributed by atoms with Gasteiger partial charge in [-0.05, 0) is 29.2 Å². The van der Waals surface area contributed by atoms with Crippen molar-refractivity contribution in [2.45, 2.75) is 31.0 Å². The van der Waals surface area contributed by atoms with Crippen molar-refractivity contribution in [2.24, 2.45) is 5.92 Å². The zero-order valence-electron chi connectivity index (χ0n) is 12.2. The highest BCUT2D eigenvalue weighted by atomic mass is 79.9. The first-order chi connectivity index (χ1) is 10.0. The van der Waals surface area contributed by atoms with E-state index in [0.717, 1.165) is 12.0 Å². The number of hydrogen-bond acceptors (Lipinski definition) is 0. The van der Waals surface area contributed by atoms with Gasteiger partial charge in [0.2, 0.25) is 0 Å². The molecule has 0 aliphatic carbocycles. The van der Waals surface area contributed by atoms with Gasteiger partial charge in [0, 0.05) is 20.8 Å². The van der Waals surface area contributed by atoms with Crippen molar-refractivity contribution >= 4 is 39.1 Å². The van der Waals surface area contributed by atoms with Crippen LogP contribution in [0.2, 0.25) is 10.0 Å². The Bertz CT molecular complexity index is 583. The Balaban J connectivity index is 2.41. The van der Waals surface area contributed by atoms with E-state index < -0.39 is 0 Å². The van der Waals surface area contributed by atoms with Crippen molar-refractivity contribution in [3.05, 3.63) is 69.7 Å². The smallest absolute Gasteiger partial charge is 0.0481 e. The summed E-state index contributed by atoms with van der Waals surface area (Å²) >= 11 is 16.3. The van der Waals surface area contributed by atoms with Gasteiger partial charge in [-0.2, -0.15) is 0 Å². The van der Waals surface area contributed by atoms with Gasteiger partial charge in [-0.3, -0.25) is 0 Å². The lowest BCUT2D eigenvalue weighted by Gasteiger charge is -2.29. The molecule has 0 radical (unpaired) electrons. The minimum Gasteiger partial charge on any atom is -0.0843 e. The first-order valence-corrected chi connectivity index (χ1v) is 8.85. The largest absolute Gasteiger partial charge is 0.0843 e. The quantitative estimate of drug-likeness (QED) is 0.475. The molecule has 3 unspecified atom stereocenters. The zero-order chi connectivity index (χ0) is 15.4. The van der Waals surface area contributed by atoms with Gasteiger partial charge in [-0.15, -0.1) is 0 Å². The minimum absolute atomic E-state index is 0.166. The van der Waals surface area contributed by atoms with Crippen LogP contribution in [-0.4, -0.2) is 0 Å². The van der Waals surface area contributed by atoms with Crippen LogP contribution in [0.25, 0.3) is 0 Å². The molecular formula is C18H19BrCl2. The normalized spacial score (nSPS) is 15.5. The summed E-state index contributed by atoms with van der Waals surface area (Å²) in [5.41, 5.74) is 2.43. The molecule has 2 rings (SSSR count). The topological polar surface area (TPSA) is 0 Å².